The summed E-state index contributed by atoms with van der Waals surface area (Å²) in [7, 11) is 1.73. The molecule has 7 nitrogen and oxygen atoms in total. The predicted octanol–water partition coefficient (Wildman–Crippen LogP) is 2.38. The lowest BCUT2D eigenvalue weighted by Crippen LogP contribution is -2.30. The van der Waals surface area contributed by atoms with Gasteiger partial charge in [0.15, 0.2) is 0 Å². The molecule has 0 saturated carbocycles. The highest BCUT2D eigenvalue weighted by Crippen LogP contribution is 2.24. The molecule has 3 aromatic rings. The number of esters is 1. The van der Waals surface area contributed by atoms with Gasteiger partial charge in [-0.25, -0.2) is 0 Å². The summed E-state index contributed by atoms with van der Waals surface area (Å²) in [6, 6.07) is 7.56. The number of amides is 1. The van der Waals surface area contributed by atoms with E-state index in [1.165, 1.54) is 0 Å². The molecule has 2 aromatic heterocycles. The van der Waals surface area contributed by atoms with Gasteiger partial charge in [-0.15, -0.1) is 0 Å². The van der Waals surface area contributed by atoms with Crippen molar-refractivity contribution in [1.82, 2.24) is 19.9 Å². The van der Waals surface area contributed by atoms with Crippen molar-refractivity contribution in [2.24, 2.45) is 0 Å². The molecule has 0 aliphatic heterocycles. The molecule has 0 unspecified atom stereocenters. The minimum Gasteiger partial charge on any atom is -0.466 e. The van der Waals surface area contributed by atoms with Crippen LogP contribution in [0.15, 0.2) is 42.9 Å². The number of carbonyl (C=O) groups excluding carboxylic acids is 2. The first-order chi connectivity index (χ1) is 13.1. The number of para-hydroxylation sites is 1. The summed E-state index contributed by atoms with van der Waals surface area (Å²) < 4.78 is 5.07. The van der Waals surface area contributed by atoms with Crippen LogP contribution in [-0.2, 0) is 22.4 Å². The van der Waals surface area contributed by atoms with Gasteiger partial charge in [-0.3, -0.25) is 19.6 Å². The maximum atomic E-state index is 13.0. The molecule has 1 aromatic carbocycles. The molecule has 0 aliphatic rings. The first kappa shape index (κ1) is 18.6. The second kappa shape index (κ2) is 8.44. The zero-order chi connectivity index (χ0) is 19.2. The van der Waals surface area contributed by atoms with Gasteiger partial charge < -0.3 is 14.6 Å². The Morgan fingerprint density at radius 3 is 2.78 bits per heavy atom. The molecule has 0 saturated heterocycles. The quantitative estimate of drug-likeness (QED) is 0.649. The number of nitrogens with zero attached hydrogens (tertiary/aromatic N) is 3. The summed E-state index contributed by atoms with van der Waals surface area (Å²) in [6.45, 7) is 2.56. The van der Waals surface area contributed by atoms with Gasteiger partial charge >= 0.3 is 5.97 Å². The number of H-pyrrole nitrogens is 1. The van der Waals surface area contributed by atoms with Crippen molar-refractivity contribution in [2.45, 2.75) is 19.8 Å². The Morgan fingerprint density at radius 2 is 2.04 bits per heavy atom. The standard InChI is InChI=1S/C20H22N4O3/c1-3-27-18(25)12-16-15-6-4-5-7-17(15)23-19(16)20(26)24(2)11-8-14-13-21-9-10-22-14/h4-7,9-10,13,23H,3,8,11-12H2,1-2H3. The zero-order valence-electron chi connectivity index (χ0n) is 15.4. The largest absolute Gasteiger partial charge is 0.466 e. The zero-order valence-corrected chi connectivity index (χ0v) is 15.4. The summed E-state index contributed by atoms with van der Waals surface area (Å²) in [5.74, 6) is -0.520. The van der Waals surface area contributed by atoms with Gasteiger partial charge in [0, 0.05) is 55.1 Å². The van der Waals surface area contributed by atoms with Crippen molar-refractivity contribution in [2.75, 3.05) is 20.2 Å². The Hall–Kier alpha value is -3.22. The summed E-state index contributed by atoms with van der Waals surface area (Å²) in [5.41, 5.74) is 2.73. The highest BCUT2D eigenvalue weighted by Gasteiger charge is 2.22. The summed E-state index contributed by atoms with van der Waals surface area (Å²) in [6.07, 6.45) is 5.59. The number of hydrogen-bond acceptors (Lipinski definition) is 5. The van der Waals surface area contributed by atoms with Crippen LogP contribution < -0.4 is 0 Å². The molecule has 7 heteroatoms. The van der Waals surface area contributed by atoms with Crippen molar-refractivity contribution >= 4 is 22.8 Å². The van der Waals surface area contributed by atoms with E-state index in [-0.39, 0.29) is 18.3 Å². The fourth-order valence-corrected chi connectivity index (χ4v) is 2.96. The lowest BCUT2D eigenvalue weighted by Gasteiger charge is -2.17. The molecule has 0 aliphatic carbocycles. The lowest BCUT2D eigenvalue weighted by atomic mass is 10.1. The molecule has 0 radical (unpaired) electrons. The fraction of sp³-hybridized carbons (Fsp3) is 0.300. The van der Waals surface area contributed by atoms with E-state index in [2.05, 4.69) is 15.0 Å². The van der Waals surface area contributed by atoms with Gasteiger partial charge in [0.05, 0.1) is 18.7 Å². The normalized spacial score (nSPS) is 10.7. The Bertz CT molecular complexity index is 937. The third-order valence-electron chi connectivity index (χ3n) is 4.32. The second-order valence-electron chi connectivity index (χ2n) is 6.18. The van der Waals surface area contributed by atoms with Crippen LogP contribution in [0.1, 0.15) is 28.7 Å². The smallest absolute Gasteiger partial charge is 0.310 e. The van der Waals surface area contributed by atoms with Gasteiger partial charge in [-0.1, -0.05) is 18.2 Å². The van der Waals surface area contributed by atoms with Gasteiger partial charge in [0.25, 0.3) is 5.91 Å². The number of rotatable bonds is 7. The molecule has 0 bridgehead atoms. The van der Waals surface area contributed by atoms with E-state index in [1.807, 2.05) is 24.3 Å². The van der Waals surface area contributed by atoms with Crippen LogP contribution in [0.3, 0.4) is 0 Å². The van der Waals surface area contributed by atoms with Crippen LogP contribution in [-0.4, -0.2) is 51.9 Å². The number of ether oxygens (including phenoxy) is 1. The van der Waals surface area contributed by atoms with Crippen molar-refractivity contribution in [3.05, 3.63) is 59.8 Å². The van der Waals surface area contributed by atoms with E-state index in [4.69, 9.17) is 4.74 Å². The van der Waals surface area contributed by atoms with Crippen molar-refractivity contribution in [3.8, 4) is 0 Å². The van der Waals surface area contributed by atoms with Crippen LogP contribution in [0.4, 0.5) is 0 Å². The predicted molar refractivity (Wildman–Crippen MR) is 101 cm³/mol. The van der Waals surface area contributed by atoms with Crippen LogP contribution in [0, 0.1) is 0 Å². The number of aromatic nitrogens is 3. The highest BCUT2D eigenvalue weighted by atomic mass is 16.5. The Morgan fingerprint density at radius 1 is 1.22 bits per heavy atom. The Labute approximate surface area is 157 Å². The molecular formula is C20H22N4O3. The average Bonchev–Trinajstić information content (AvgIpc) is 3.05. The third-order valence-corrected chi connectivity index (χ3v) is 4.32. The van der Waals surface area contributed by atoms with Crippen LogP contribution in [0.25, 0.3) is 10.9 Å². The number of carbonyl (C=O) groups is 2. The first-order valence-electron chi connectivity index (χ1n) is 8.85. The highest BCUT2D eigenvalue weighted by molar-refractivity contribution is 6.02. The number of benzene rings is 1. The topological polar surface area (TPSA) is 88.2 Å². The minimum atomic E-state index is -0.349. The summed E-state index contributed by atoms with van der Waals surface area (Å²) >= 11 is 0. The van der Waals surface area contributed by atoms with Gasteiger partial charge in [0.2, 0.25) is 0 Å². The molecule has 2 heterocycles. The van der Waals surface area contributed by atoms with E-state index < -0.39 is 0 Å². The SMILES string of the molecule is CCOC(=O)Cc1c(C(=O)N(C)CCc2cnccn2)[nH]c2ccccc12. The van der Waals surface area contributed by atoms with Crippen molar-refractivity contribution < 1.29 is 14.3 Å². The number of likely N-dealkylation sites (N-methyl/N-ethyl adjacent to an activating group) is 1. The second-order valence-corrected chi connectivity index (χ2v) is 6.18. The van der Waals surface area contributed by atoms with Crippen molar-refractivity contribution in [1.29, 1.82) is 0 Å². The molecule has 3 rings (SSSR count). The van der Waals surface area contributed by atoms with Gasteiger partial charge in [-0.05, 0) is 13.0 Å². The van der Waals surface area contributed by atoms with Crippen LogP contribution >= 0.6 is 0 Å². The van der Waals surface area contributed by atoms with Crippen LogP contribution in [0.5, 0.6) is 0 Å². The maximum absolute atomic E-state index is 13.0. The fourth-order valence-electron chi connectivity index (χ4n) is 2.96. The summed E-state index contributed by atoms with van der Waals surface area (Å²) in [4.78, 5) is 38.1. The number of nitrogens with one attached hydrogen (secondary N) is 1. The van der Waals surface area contributed by atoms with Crippen molar-refractivity contribution in [3.63, 3.8) is 0 Å². The first-order valence-corrected chi connectivity index (χ1v) is 8.85. The Kier molecular flexibility index (Phi) is 5.80. The van der Waals surface area contributed by atoms with Crippen LogP contribution in [0.2, 0.25) is 0 Å². The van der Waals surface area contributed by atoms with Gasteiger partial charge in [-0.2, -0.15) is 0 Å². The van der Waals surface area contributed by atoms with E-state index >= 15 is 0 Å². The number of fused-ring (bicyclic) bond motifs is 1. The molecule has 1 amide bonds. The molecule has 0 spiro atoms. The van der Waals surface area contributed by atoms with E-state index in [1.54, 1.807) is 37.5 Å². The minimum absolute atomic E-state index is 0.0525. The monoisotopic (exact) mass is 366 g/mol. The molecule has 0 fully saturated rings. The van der Waals surface area contributed by atoms with E-state index in [0.29, 0.717) is 30.8 Å². The van der Waals surface area contributed by atoms with Gasteiger partial charge in [0.1, 0.15) is 5.69 Å². The van der Waals surface area contributed by atoms with E-state index in [0.717, 1.165) is 16.6 Å². The average molecular weight is 366 g/mol. The molecule has 0 atom stereocenters. The Balaban J connectivity index is 1.83. The number of hydrogen-bond donors (Lipinski definition) is 1. The third kappa shape index (κ3) is 4.31. The molecular weight excluding hydrogens is 344 g/mol. The summed E-state index contributed by atoms with van der Waals surface area (Å²) in [5, 5.41) is 0.858. The maximum Gasteiger partial charge on any atom is 0.310 e. The molecule has 140 valence electrons. The van der Waals surface area contributed by atoms with E-state index in [9.17, 15) is 9.59 Å². The molecule has 1 N–H and O–H groups in total. The molecule has 27 heavy (non-hydrogen) atoms. The number of aromatic amines is 1. The lowest BCUT2D eigenvalue weighted by molar-refractivity contribution is -0.142.